The number of hydrogen-bond donors (Lipinski definition) is 1. The van der Waals surface area contributed by atoms with Gasteiger partial charge in [0.2, 0.25) is 0 Å². The van der Waals surface area contributed by atoms with Gasteiger partial charge in [-0.05, 0) is 74.5 Å². The lowest BCUT2D eigenvalue weighted by atomic mass is 9.68. The van der Waals surface area contributed by atoms with Crippen LogP contribution in [0.15, 0.2) is 0 Å². The van der Waals surface area contributed by atoms with E-state index in [1.165, 1.54) is 51.4 Å². The van der Waals surface area contributed by atoms with Gasteiger partial charge in [-0.2, -0.15) is 0 Å². The topological polar surface area (TPSA) is 26.0 Å². The minimum Gasteiger partial charge on any atom is -0.325 e. The second-order valence-electron chi connectivity index (χ2n) is 7.17. The van der Waals surface area contributed by atoms with E-state index < -0.39 is 0 Å². The fourth-order valence-electron chi connectivity index (χ4n) is 4.42. The van der Waals surface area contributed by atoms with Gasteiger partial charge in [-0.1, -0.05) is 13.8 Å². The molecule has 1 heteroatoms. The molecule has 0 aromatic rings. The van der Waals surface area contributed by atoms with Crippen LogP contribution in [-0.2, 0) is 0 Å². The van der Waals surface area contributed by atoms with E-state index in [0.717, 1.165) is 17.8 Å². The molecule has 0 spiro atoms. The lowest BCUT2D eigenvalue weighted by Gasteiger charge is -2.38. The summed E-state index contributed by atoms with van der Waals surface area (Å²) in [5.74, 6) is 2.87. The quantitative estimate of drug-likeness (QED) is 0.772. The molecule has 0 saturated heterocycles. The molecule has 3 rings (SSSR count). The van der Waals surface area contributed by atoms with Gasteiger partial charge in [0, 0.05) is 5.54 Å². The summed E-state index contributed by atoms with van der Waals surface area (Å²) in [6.07, 6.45) is 11.4. The zero-order valence-electron chi connectivity index (χ0n) is 11.0. The second-order valence-corrected chi connectivity index (χ2v) is 7.17. The highest BCUT2D eigenvalue weighted by molar-refractivity contribution is 5.21. The molecule has 2 N–H and O–H groups in total. The highest BCUT2D eigenvalue weighted by Crippen LogP contribution is 2.69. The van der Waals surface area contributed by atoms with Gasteiger partial charge in [0.25, 0.3) is 0 Å². The maximum Gasteiger partial charge on any atom is 0.0215 e. The summed E-state index contributed by atoms with van der Waals surface area (Å²) in [4.78, 5) is 0. The van der Waals surface area contributed by atoms with Crippen LogP contribution in [0.1, 0.15) is 65.2 Å². The molecular weight excluding hydrogens is 194 g/mol. The van der Waals surface area contributed by atoms with E-state index in [9.17, 15) is 0 Å². The third kappa shape index (κ3) is 1.54. The Bertz CT molecular complexity index is 265. The van der Waals surface area contributed by atoms with Gasteiger partial charge in [0.15, 0.2) is 0 Å². The van der Waals surface area contributed by atoms with E-state index in [1.54, 1.807) is 0 Å². The van der Waals surface area contributed by atoms with Crippen LogP contribution in [0.2, 0.25) is 0 Å². The second kappa shape index (κ2) is 3.48. The Morgan fingerprint density at radius 3 is 1.88 bits per heavy atom. The largest absolute Gasteiger partial charge is 0.325 e. The molecule has 0 bridgehead atoms. The Balaban J connectivity index is 1.62. The van der Waals surface area contributed by atoms with Gasteiger partial charge < -0.3 is 5.73 Å². The highest BCUT2D eigenvalue weighted by Gasteiger charge is 2.66. The van der Waals surface area contributed by atoms with Gasteiger partial charge in [-0.3, -0.25) is 0 Å². The van der Waals surface area contributed by atoms with Crippen LogP contribution in [0.4, 0.5) is 0 Å². The zero-order valence-corrected chi connectivity index (χ0v) is 11.0. The van der Waals surface area contributed by atoms with E-state index in [1.807, 2.05) is 0 Å². The molecule has 3 aliphatic rings. The van der Waals surface area contributed by atoms with Crippen LogP contribution >= 0.6 is 0 Å². The minimum atomic E-state index is 0.294. The van der Waals surface area contributed by atoms with Crippen LogP contribution in [0, 0.1) is 23.2 Å². The van der Waals surface area contributed by atoms with Crippen LogP contribution in [0.3, 0.4) is 0 Å². The Labute approximate surface area is 100 Å². The molecular formula is C15H27N. The van der Waals surface area contributed by atoms with Gasteiger partial charge in [0.1, 0.15) is 0 Å². The summed E-state index contributed by atoms with van der Waals surface area (Å²) in [7, 11) is 0. The summed E-state index contributed by atoms with van der Waals surface area (Å²) in [6, 6.07) is 0. The number of rotatable bonds is 3. The fraction of sp³-hybridized carbons (Fsp3) is 1.00. The first-order chi connectivity index (χ1) is 7.57. The van der Waals surface area contributed by atoms with E-state index in [0.29, 0.717) is 11.0 Å². The van der Waals surface area contributed by atoms with Crippen molar-refractivity contribution in [2.24, 2.45) is 28.9 Å². The standard InChI is InChI=1S/C15H27N/c1-11(2)12-3-5-13(6-4-12)14(7-8-14)15(16)9-10-15/h11-13H,3-10,16H2,1-2H3. The van der Waals surface area contributed by atoms with Crippen LogP contribution in [0.25, 0.3) is 0 Å². The summed E-state index contributed by atoms with van der Waals surface area (Å²) < 4.78 is 0. The summed E-state index contributed by atoms with van der Waals surface area (Å²) in [6.45, 7) is 4.78. The third-order valence-electron chi connectivity index (χ3n) is 6.07. The van der Waals surface area contributed by atoms with Crippen LogP contribution in [-0.4, -0.2) is 5.54 Å². The van der Waals surface area contributed by atoms with E-state index >= 15 is 0 Å². The lowest BCUT2D eigenvalue weighted by molar-refractivity contribution is 0.135. The molecule has 3 aliphatic carbocycles. The van der Waals surface area contributed by atoms with Crippen molar-refractivity contribution in [3.8, 4) is 0 Å². The first kappa shape index (κ1) is 11.1. The molecule has 3 saturated carbocycles. The predicted octanol–water partition coefficient (Wildman–Crippen LogP) is 3.72. The first-order valence-corrected chi connectivity index (χ1v) is 7.36. The molecule has 0 amide bonds. The summed E-state index contributed by atoms with van der Waals surface area (Å²) in [5.41, 5.74) is 7.43. The van der Waals surface area contributed by atoms with E-state index in [-0.39, 0.29) is 0 Å². The monoisotopic (exact) mass is 221 g/mol. The van der Waals surface area contributed by atoms with Crippen LogP contribution < -0.4 is 5.73 Å². The maximum atomic E-state index is 6.51. The van der Waals surface area contributed by atoms with E-state index in [4.69, 9.17) is 5.73 Å². The van der Waals surface area contributed by atoms with Crippen molar-refractivity contribution >= 4 is 0 Å². The number of hydrogen-bond acceptors (Lipinski definition) is 1. The Morgan fingerprint density at radius 2 is 1.50 bits per heavy atom. The highest BCUT2D eigenvalue weighted by atomic mass is 14.9. The Kier molecular flexibility index (Phi) is 2.41. The Morgan fingerprint density at radius 1 is 0.938 bits per heavy atom. The Hall–Kier alpha value is -0.0400. The smallest absolute Gasteiger partial charge is 0.0215 e. The van der Waals surface area contributed by atoms with Gasteiger partial charge in [-0.15, -0.1) is 0 Å². The summed E-state index contributed by atoms with van der Waals surface area (Å²) in [5, 5.41) is 0. The molecule has 0 atom stereocenters. The molecule has 0 radical (unpaired) electrons. The average molecular weight is 221 g/mol. The first-order valence-electron chi connectivity index (χ1n) is 7.36. The molecule has 0 heterocycles. The molecule has 3 fully saturated rings. The molecule has 0 aromatic carbocycles. The van der Waals surface area contributed by atoms with Crippen molar-refractivity contribution in [2.45, 2.75) is 70.8 Å². The molecule has 0 aliphatic heterocycles. The maximum absolute atomic E-state index is 6.51. The van der Waals surface area contributed by atoms with Gasteiger partial charge in [-0.25, -0.2) is 0 Å². The summed E-state index contributed by atoms with van der Waals surface area (Å²) >= 11 is 0. The third-order valence-corrected chi connectivity index (χ3v) is 6.07. The van der Waals surface area contributed by atoms with Gasteiger partial charge in [0.05, 0.1) is 0 Å². The molecule has 16 heavy (non-hydrogen) atoms. The molecule has 1 nitrogen and oxygen atoms in total. The van der Waals surface area contributed by atoms with Crippen molar-refractivity contribution < 1.29 is 0 Å². The van der Waals surface area contributed by atoms with Crippen molar-refractivity contribution in [1.29, 1.82) is 0 Å². The van der Waals surface area contributed by atoms with Crippen molar-refractivity contribution in [3.05, 3.63) is 0 Å². The normalized spacial score (nSPS) is 39.8. The predicted molar refractivity (Wildman–Crippen MR) is 68.1 cm³/mol. The lowest BCUT2D eigenvalue weighted by Crippen LogP contribution is -2.41. The van der Waals surface area contributed by atoms with Crippen molar-refractivity contribution in [3.63, 3.8) is 0 Å². The molecule has 0 unspecified atom stereocenters. The average Bonchev–Trinajstić information content (AvgIpc) is 3.13. The van der Waals surface area contributed by atoms with E-state index in [2.05, 4.69) is 13.8 Å². The van der Waals surface area contributed by atoms with Crippen molar-refractivity contribution in [2.75, 3.05) is 0 Å². The van der Waals surface area contributed by atoms with Gasteiger partial charge >= 0.3 is 0 Å². The molecule has 92 valence electrons. The number of nitrogens with two attached hydrogens (primary N) is 1. The van der Waals surface area contributed by atoms with Crippen LogP contribution in [0.5, 0.6) is 0 Å². The van der Waals surface area contributed by atoms with Crippen molar-refractivity contribution in [1.82, 2.24) is 0 Å². The fourth-order valence-corrected chi connectivity index (χ4v) is 4.42. The molecule has 0 aromatic heterocycles. The SMILES string of the molecule is CC(C)C1CCC(C2(C3(N)CC3)CC2)CC1. The zero-order chi connectivity index (χ0) is 11.4. The minimum absolute atomic E-state index is 0.294.